The number of carbonyl (C=O) groups is 1. The van der Waals surface area contributed by atoms with Crippen molar-refractivity contribution in [3.63, 3.8) is 0 Å². The first-order chi connectivity index (χ1) is 7.90. The van der Waals surface area contributed by atoms with Crippen molar-refractivity contribution >= 4 is 17.3 Å². The topological polar surface area (TPSA) is 98.3 Å². The third-order valence-electron chi connectivity index (χ3n) is 2.20. The van der Waals surface area contributed by atoms with Crippen molar-refractivity contribution < 1.29 is 9.72 Å². The second kappa shape index (κ2) is 5.40. The highest BCUT2D eigenvalue weighted by molar-refractivity contribution is 5.91. The van der Waals surface area contributed by atoms with Crippen LogP contribution in [0.4, 0.5) is 11.4 Å². The number of benzene rings is 1. The van der Waals surface area contributed by atoms with Crippen molar-refractivity contribution in [1.82, 2.24) is 0 Å². The van der Waals surface area contributed by atoms with Gasteiger partial charge in [0.05, 0.1) is 4.92 Å². The van der Waals surface area contributed by atoms with Crippen LogP contribution in [-0.2, 0) is 4.79 Å². The predicted octanol–water partition coefficient (Wildman–Crippen LogP) is 1.58. The lowest BCUT2D eigenvalue weighted by Gasteiger charge is -2.07. The van der Waals surface area contributed by atoms with E-state index in [1.54, 1.807) is 26.0 Å². The standard InChI is InChI=1S/C11H15N3O3/c1-7-3-4-9(6-10(7)14(16)17)13-11(15)5-8(2)12/h3-4,6,8H,5,12H2,1-2H3,(H,13,15). The molecule has 0 radical (unpaired) electrons. The Balaban J connectivity index is 2.82. The molecule has 0 aromatic heterocycles. The van der Waals surface area contributed by atoms with E-state index >= 15 is 0 Å². The van der Waals surface area contributed by atoms with Crippen molar-refractivity contribution in [3.05, 3.63) is 33.9 Å². The minimum atomic E-state index is -0.476. The summed E-state index contributed by atoms with van der Waals surface area (Å²) in [5.74, 6) is -0.252. The van der Waals surface area contributed by atoms with Crippen LogP contribution in [0.3, 0.4) is 0 Å². The van der Waals surface area contributed by atoms with Gasteiger partial charge in [0.15, 0.2) is 0 Å². The minimum Gasteiger partial charge on any atom is -0.327 e. The third kappa shape index (κ3) is 3.84. The molecule has 6 heteroatoms. The number of anilines is 1. The molecular formula is C11H15N3O3. The predicted molar refractivity (Wildman–Crippen MR) is 64.7 cm³/mol. The fourth-order valence-corrected chi connectivity index (χ4v) is 1.39. The highest BCUT2D eigenvalue weighted by atomic mass is 16.6. The molecule has 1 atom stereocenters. The van der Waals surface area contributed by atoms with Crippen LogP contribution >= 0.6 is 0 Å². The average molecular weight is 237 g/mol. The Hall–Kier alpha value is -1.95. The maximum Gasteiger partial charge on any atom is 0.274 e. The number of amides is 1. The fourth-order valence-electron chi connectivity index (χ4n) is 1.39. The molecule has 0 fully saturated rings. The van der Waals surface area contributed by atoms with Gasteiger partial charge in [-0.2, -0.15) is 0 Å². The molecule has 0 saturated carbocycles. The smallest absolute Gasteiger partial charge is 0.274 e. The molecule has 0 heterocycles. The average Bonchev–Trinajstić information content (AvgIpc) is 2.19. The molecule has 92 valence electrons. The van der Waals surface area contributed by atoms with Crippen LogP contribution in [-0.4, -0.2) is 16.9 Å². The van der Waals surface area contributed by atoms with Crippen molar-refractivity contribution in [2.75, 3.05) is 5.32 Å². The number of hydrogen-bond acceptors (Lipinski definition) is 4. The van der Waals surface area contributed by atoms with Gasteiger partial charge in [-0.15, -0.1) is 0 Å². The number of nitrogens with one attached hydrogen (secondary N) is 1. The Morgan fingerprint density at radius 1 is 1.59 bits per heavy atom. The summed E-state index contributed by atoms with van der Waals surface area (Å²) in [6, 6.07) is 4.32. The van der Waals surface area contributed by atoms with Crippen molar-refractivity contribution in [1.29, 1.82) is 0 Å². The zero-order valence-electron chi connectivity index (χ0n) is 9.77. The first-order valence-electron chi connectivity index (χ1n) is 5.20. The Bertz CT molecular complexity index is 444. The molecule has 1 rings (SSSR count). The van der Waals surface area contributed by atoms with Gasteiger partial charge in [-0.05, 0) is 19.9 Å². The number of rotatable bonds is 4. The summed E-state index contributed by atoms with van der Waals surface area (Å²) in [5, 5.41) is 13.3. The van der Waals surface area contributed by atoms with Crippen LogP contribution < -0.4 is 11.1 Å². The van der Waals surface area contributed by atoms with Crippen molar-refractivity contribution in [2.45, 2.75) is 26.3 Å². The van der Waals surface area contributed by atoms with Crippen LogP contribution in [0.25, 0.3) is 0 Å². The van der Waals surface area contributed by atoms with E-state index in [0.717, 1.165) is 0 Å². The Morgan fingerprint density at radius 2 is 2.24 bits per heavy atom. The molecule has 0 aliphatic carbocycles. The zero-order chi connectivity index (χ0) is 13.0. The van der Waals surface area contributed by atoms with E-state index in [0.29, 0.717) is 11.3 Å². The molecule has 1 aromatic carbocycles. The van der Waals surface area contributed by atoms with Crippen LogP contribution in [0, 0.1) is 17.0 Å². The first kappa shape index (κ1) is 13.1. The Labute approximate surface area is 99.0 Å². The van der Waals surface area contributed by atoms with Gasteiger partial charge in [-0.1, -0.05) is 6.07 Å². The van der Waals surface area contributed by atoms with Crippen LogP contribution in [0.2, 0.25) is 0 Å². The molecule has 0 aliphatic heterocycles. The van der Waals surface area contributed by atoms with E-state index in [2.05, 4.69) is 5.32 Å². The maximum atomic E-state index is 11.4. The highest BCUT2D eigenvalue weighted by Crippen LogP contribution is 2.22. The second-order valence-electron chi connectivity index (χ2n) is 3.99. The molecule has 6 nitrogen and oxygen atoms in total. The summed E-state index contributed by atoms with van der Waals surface area (Å²) in [6.45, 7) is 3.36. The minimum absolute atomic E-state index is 0.0106. The van der Waals surface area contributed by atoms with Crippen LogP contribution in [0.1, 0.15) is 18.9 Å². The van der Waals surface area contributed by atoms with Gasteiger partial charge in [-0.25, -0.2) is 0 Å². The third-order valence-corrected chi connectivity index (χ3v) is 2.20. The number of aryl methyl sites for hydroxylation is 1. The fraction of sp³-hybridized carbons (Fsp3) is 0.364. The molecule has 0 aliphatic rings. The van der Waals surface area contributed by atoms with Gasteiger partial charge < -0.3 is 11.1 Å². The largest absolute Gasteiger partial charge is 0.327 e. The van der Waals surface area contributed by atoms with Gasteiger partial charge in [0.1, 0.15) is 0 Å². The molecule has 3 N–H and O–H groups in total. The lowest BCUT2D eigenvalue weighted by molar-refractivity contribution is -0.385. The number of nitro groups is 1. The van der Waals surface area contributed by atoms with Gasteiger partial charge in [0.25, 0.3) is 5.69 Å². The van der Waals surface area contributed by atoms with E-state index in [-0.39, 0.29) is 24.1 Å². The normalized spacial score (nSPS) is 11.9. The van der Waals surface area contributed by atoms with Gasteiger partial charge in [0, 0.05) is 29.8 Å². The second-order valence-corrected chi connectivity index (χ2v) is 3.99. The van der Waals surface area contributed by atoms with Gasteiger partial charge in [0.2, 0.25) is 5.91 Å². The molecule has 1 amide bonds. The molecule has 0 bridgehead atoms. The van der Waals surface area contributed by atoms with Gasteiger partial charge in [-0.3, -0.25) is 14.9 Å². The van der Waals surface area contributed by atoms with E-state index in [9.17, 15) is 14.9 Å². The molecule has 1 aromatic rings. The summed E-state index contributed by atoms with van der Waals surface area (Å²) in [4.78, 5) is 21.7. The summed E-state index contributed by atoms with van der Waals surface area (Å²) in [7, 11) is 0. The first-order valence-corrected chi connectivity index (χ1v) is 5.20. The quantitative estimate of drug-likeness (QED) is 0.613. The molecule has 0 spiro atoms. The summed E-state index contributed by atoms with van der Waals surface area (Å²) >= 11 is 0. The number of hydrogen-bond donors (Lipinski definition) is 2. The lowest BCUT2D eigenvalue weighted by atomic mass is 10.1. The van der Waals surface area contributed by atoms with Crippen molar-refractivity contribution in [3.8, 4) is 0 Å². The van der Waals surface area contributed by atoms with Crippen LogP contribution in [0.15, 0.2) is 18.2 Å². The summed E-state index contributed by atoms with van der Waals surface area (Å²) < 4.78 is 0. The number of carbonyl (C=O) groups excluding carboxylic acids is 1. The van der Waals surface area contributed by atoms with Crippen LogP contribution in [0.5, 0.6) is 0 Å². The molecule has 17 heavy (non-hydrogen) atoms. The number of nitrogens with zero attached hydrogens (tertiary/aromatic N) is 1. The number of nitrogens with two attached hydrogens (primary N) is 1. The van der Waals surface area contributed by atoms with Crippen molar-refractivity contribution in [2.24, 2.45) is 5.73 Å². The van der Waals surface area contributed by atoms with Gasteiger partial charge >= 0.3 is 0 Å². The Kier molecular flexibility index (Phi) is 4.17. The number of nitro benzene ring substituents is 1. The van der Waals surface area contributed by atoms with E-state index < -0.39 is 4.92 Å². The molecular weight excluding hydrogens is 222 g/mol. The summed E-state index contributed by atoms with van der Waals surface area (Å²) in [6.07, 6.45) is 0.182. The summed E-state index contributed by atoms with van der Waals surface area (Å²) in [5.41, 5.74) is 6.44. The molecule has 0 saturated heterocycles. The molecule has 1 unspecified atom stereocenters. The van der Waals surface area contributed by atoms with E-state index in [4.69, 9.17) is 5.73 Å². The van der Waals surface area contributed by atoms with E-state index in [1.807, 2.05) is 0 Å². The Morgan fingerprint density at radius 3 is 2.76 bits per heavy atom. The monoisotopic (exact) mass is 237 g/mol. The lowest BCUT2D eigenvalue weighted by Crippen LogP contribution is -2.24. The zero-order valence-corrected chi connectivity index (χ0v) is 9.77. The SMILES string of the molecule is Cc1ccc(NC(=O)CC(C)N)cc1[N+](=O)[O-]. The highest BCUT2D eigenvalue weighted by Gasteiger charge is 2.12. The maximum absolute atomic E-state index is 11.4. The van der Waals surface area contributed by atoms with E-state index in [1.165, 1.54) is 6.07 Å².